The molecule has 1 aliphatic carbocycles. The average Bonchev–Trinajstić information content (AvgIpc) is 3.19. The number of halogens is 1. The minimum Gasteiger partial charge on any atom is -0.382 e. The van der Waals surface area contributed by atoms with Gasteiger partial charge in [-0.15, -0.1) is 0 Å². The Kier molecular flexibility index (Phi) is 5.67. The second-order valence-electron chi connectivity index (χ2n) is 4.92. The van der Waals surface area contributed by atoms with E-state index in [2.05, 4.69) is 52.4 Å². The zero-order chi connectivity index (χ0) is 12.8. The van der Waals surface area contributed by atoms with Crippen LogP contribution >= 0.6 is 15.9 Å². The fourth-order valence-corrected chi connectivity index (χ4v) is 2.35. The molecule has 0 spiro atoms. The van der Waals surface area contributed by atoms with Gasteiger partial charge >= 0.3 is 0 Å². The van der Waals surface area contributed by atoms with Crippen LogP contribution in [0.5, 0.6) is 0 Å². The van der Waals surface area contributed by atoms with E-state index in [-0.39, 0.29) is 0 Å². The van der Waals surface area contributed by atoms with Crippen LogP contribution in [0.4, 0.5) is 0 Å². The molecule has 1 N–H and O–H groups in total. The van der Waals surface area contributed by atoms with Gasteiger partial charge in [-0.1, -0.05) is 28.1 Å². The van der Waals surface area contributed by atoms with E-state index in [9.17, 15) is 0 Å². The van der Waals surface area contributed by atoms with Crippen LogP contribution in [0.25, 0.3) is 0 Å². The molecule has 18 heavy (non-hydrogen) atoms. The van der Waals surface area contributed by atoms with Crippen LogP contribution in [-0.4, -0.2) is 25.8 Å². The van der Waals surface area contributed by atoms with E-state index in [0.29, 0.717) is 5.92 Å². The van der Waals surface area contributed by atoms with Gasteiger partial charge in [-0.2, -0.15) is 0 Å². The normalized spacial score (nSPS) is 16.8. The van der Waals surface area contributed by atoms with Crippen molar-refractivity contribution in [1.82, 2.24) is 5.32 Å². The predicted octanol–water partition coefficient (Wildman–Crippen LogP) is 3.71. The second kappa shape index (κ2) is 7.27. The molecule has 0 saturated heterocycles. The van der Waals surface area contributed by atoms with Gasteiger partial charge in [0.25, 0.3) is 0 Å². The fourth-order valence-electron chi connectivity index (χ4n) is 2.09. The number of rotatable bonds is 8. The van der Waals surface area contributed by atoms with Crippen LogP contribution in [0, 0.1) is 0 Å². The minimum absolute atomic E-state index is 0.560. The van der Waals surface area contributed by atoms with Crippen molar-refractivity contribution in [2.24, 2.45) is 0 Å². The van der Waals surface area contributed by atoms with Gasteiger partial charge in [-0.05, 0) is 49.8 Å². The van der Waals surface area contributed by atoms with Crippen molar-refractivity contribution in [3.63, 3.8) is 0 Å². The van der Waals surface area contributed by atoms with Crippen LogP contribution in [0.3, 0.4) is 0 Å². The SMILES string of the molecule is CCOCCC(CNC1CC1)c1ccc(Br)cc1. The Morgan fingerprint density at radius 2 is 2.06 bits per heavy atom. The van der Waals surface area contributed by atoms with Gasteiger partial charge in [0.1, 0.15) is 0 Å². The van der Waals surface area contributed by atoms with Crippen LogP contribution in [0.15, 0.2) is 28.7 Å². The lowest BCUT2D eigenvalue weighted by molar-refractivity contribution is 0.139. The molecule has 1 saturated carbocycles. The smallest absolute Gasteiger partial charge is 0.0472 e. The van der Waals surface area contributed by atoms with Gasteiger partial charge in [0.15, 0.2) is 0 Å². The first-order valence-corrected chi connectivity index (χ1v) is 7.65. The summed E-state index contributed by atoms with van der Waals surface area (Å²) in [6, 6.07) is 9.46. The molecule has 1 aromatic carbocycles. The monoisotopic (exact) mass is 311 g/mol. The molecule has 0 aromatic heterocycles. The third-order valence-corrected chi connectivity index (χ3v) is 3.92. The summed E-state index contributed by atoms with van der Waals surface area (Å²) in [7, 11) is 0. The van der Waals surface area contributed by atoms with Gasteiger partial charge in [-0.3, -0.25) is 0 Å². The Labute approximate surface area is 118 Å². The van der Waals surface area contributed by atoms with Crippen molar-refractivity contribution in [2.75, 3.05) is 19.8 Å². The van der Waals surface area contributed by atoms with E-state index >= 15 is 0 Å². The van der Waals surface area contributed by atoms with Gasteiger partial charge in [0, 0.05) is 30.3 Å². The maximum absolute atomic E-state index is 5.49. The first-order valence-electron chi connectivity index (χ1n) is 6.86. The molecule has 1 atom stereocenters. The van der Waals surface area contributed by atoms with E-state index in [0.717, 1.165) is 36.7 Å². The highest BCUT2D eigenvalue weighted by Gasteiger charge is 2.22. The third kappa shape index (κ3) is 4.71. The van der Waals surface area contributed by atoms with Gasteiger partial charge in [-0.25, -0.2) is 0 Å². The number of benzene rings is 1. The molecule has 0 heterocycles. The van der Waals surface area contributed by atoms with Gasteiger partial charge < -0.3 is 10.1 Å². The summed E-state index contributed by atoms with van der Waals surface area (Å²) in [5.74, 6) is 0.560. The van der Waals surface area contributed by atoms with Crippen molar-refractivity contribution < 1.29 is 4.74 Å². The molecule has 1 aromatic rings. The first kappa shape index (κ1) is 14.0. The van der Waals surface area contributed by atoms with Crippen molar-refractivity contribution in [3.8, 4) is 0 Å². The molecule has 1 aliphatic rings. The molecule has 100 valence electrons. The van der Waals surface area contributed by atoms with Gasteiger partial charge in [0.2, 0.25) is 0 Å². The molecule has 0 bridgehead atoms. The average molecular weight is 312 g/mol. The molecule has 3 heteroatoms. The lowest BCUT2D eigenvalue weighted by Crippen LogP contribution is -2.24. The van der Waals surface area contributed by atoms with Crippen LogP contribution in [0.1, 0.15) is 37.7 Å². The van der Waals surface area contributed by atoms with Crippen molar-refractivity contribution >= 4 is 15.9 Å². The number of nitrogens with one attached hydrogen (secondary N) is 1. The van der Waals surface area contributed by atoms with Crippen LogP contribution < -0.4 is 5.32 Å². The largest absolute Gasteiger partial charge is 0.382 e. The summed E-state index contributed by atoms with van der Waals surface area (Å²) < 4.78 is 6.64. The predicted molar refractivity (Wildman–Crippen MR) is 79.0 cm³/mol. The number of ether oxygens (including phenoxy) is 1. The summed E-state index contributed by atoms with van der Waals surface area (Å²) in [6.45, 7) is 4.78. The Morgan fingerprint density at radius 3 is 2.67 bits per heavy atom. The Bertz CT molecular complexity index is 348. The zero-order valence-corrected chi connectivity index (χ0v) is 12.6. The molecule has 1 unspecified atom stereocenters. The quantitative estimate of drug-likeness (QED) is 0.739. The summed E-state index contributed by atoms with van der Waals surface area (Å²) >= 11 is 3.49. The molecular formula is C15H22BrNO. The van der Waals surface area contributed by atoms with Crippen molar-refractivity contribution in [3.05, 3.63) is 34.3 Å². The molecule has 0 amide bonds. The Morgan fingerprint density at radius 1 is 1.33 bits per heavy atom. The summed E-state index contributed by atoms with van der Waals surface area (Å²) in [5, 5.41) is 3.63. The van der Waals surface area contributed by atoms with E-state index in [1.165, 1.54) is 18.4 Å². The second-order valence-corrected chi connectivity index (χ2v) is 5.83. The lowest BCUT2D eigenvalue weighted by atomic mass is 9.96. The molecule has 2 rings (SSSR count). The van der Waals surface area contributed by atoms with E-state index < -0.39 is 0 Å². The van der Waals surface area contributed by atoms with E-state index in [1.807, 2.05) is 0 Å². The minimum atomic E-state index is 0.560. The Hall–Kier alpha value is -0.380. The highest BCUT2D eigenvalue weighted by Crippen LogP contribution is 2.24. The highest BCUT2D eigenvalue weighted by atomic mass is 79.9. The molecule has 1 fully saturated rings. The van der Waals surface area contributed by atoms with Gasteiger partial charge in [0.05, 0.1) is 0 Å². The van der Waals surface area contributed by atoms with E-state index in [1.54, 1.807) is 0 Å². The first-order chi connectivity index (χ1) is 8.79. The molecule has 0 aliphatic heterocycles. The molecule has 0 radical (unpaired) electrons. The summed E-state index contributed by atoms with van der Waals surface area (Å²) in [5.41, 5.74) is 1.41. The number of hydrogen-bond donors (Lipinski definition) is 1. The standard InChI is InChI=1S/C15H22BrNO/c1-2-18-10-9-13(11-17-15-7-8-15)12-3-5-14(16)6-4-12/h3-6,13,15,17H,2,7-11H2,1H3. The molecule has 2 nitrogen and oxygen atoms in total. The summed E-state index contributed by atoms with van der Waals surface area (Å²) in [4.78, 5) is 0. The summed E-state index contributed by atoms with van der Waals surface area (Å²) in [6.07, 6.45) is 3.78. The lowest BCUT2D eigenvalue weighted by Gasteiger charge is -2.18. The third-order valence-electron chi connectivity index (χ3n) is 3.39. The maximum atomic E-state index is 5.49. The maximum Gasteiger partial charge on any atom is 0.0472 e. The van der Waals surface area contributed by atoms with Crippen LogP contribution in [0.2, 0.25) is 0 Å². The van der Waals surface area contributed by atoms with Crippen molar-refractivity contribution in [2.45, 2.75) is 38.1 Å². The van der Waals surface area contributed by atoms with E-state index in [4.69, 9.17) is 4.74 Å². The molecular weight excluding hydrogens is 290 g/mol. The Balaban J connectivity index is 1.90. The topological polar surface area (TPSA) is 21.3 Å². The number of hydrogen-bond acceptors (Lipinski definition) is 2. The van der Waals surface area contributed by atoms with Crippen LogP contribution in [-0.2, 0) is 4.74 Å². The van der Waals surface area contributed by atoms with Crippen molar-refractivity contribution in [1.29, 1.82) is 0 Å². The zero-order valence-electron chi connectivity index (χ0n) is 11.0. The highest BCUT2D eigenvalue weighted by molar-refractivity contribution is 9.10. The fraction of sp³-hybridized carbons (Fsp3) is 0.600.